The zero-order chi connectivity index (χ0) is 17.0. The van der Waals surface area contributed by atoms with Gasteiger partial charge < -0.3 is 10.0 Å². The average molecular weight is 353 g/mol. The minimum Gasteiger partial charge on any atom is -0.392 e. The van der Waals surface area contributed by atoms with E-state index in [0.717, 1.165) is 24.2 Å². The fourth-order valence-electron chi connectivity index (χ4n) is 4.47. The van der Waals surface area contributed by atoms with E-state index in [1.54, 1.807) is 6.20 Å². The summed E-state index contributed by atoms with van der Waals surface area (Å²) >= 11 is 1.53. The van der Waals surface area contributed by atoms with Crippen LogP contribution in [0.5, 0.6) is 0 Å². The lowest BCUT2D eigenvalue weighted by molar-refractivity contribution is 0.0363. The summed E-state index contributed by atoms with van der Waals surface area (Å²) in [5, 5.41) is 12.7. The first-order valence-corrected chi connectivity index (χ1v) is 9.53. The first-order valence-electron chi connectivity index (χ1n) is 8.65. The van der Waals surface area contributed by atoms with Gasteiger partial charge in [0.25, 0.3) is 5.91 Å². The predicted octanol–water partition coefficient (Wildman–Crippen LogP) is 2.49. The van der Waals surface area contributed by atoms with Crippen molar-refractivity contribution in [3.05, 3.63) is 58.9 Å². The zero-order valence-electron chi connectivity index (χ0n) is 13.8. The number of rotatable bonds is 1. The Labute approximate surface area is 149 Å². The van der Waals surface area contributed by atoms with E-state index in [1.807, 2.05) is 33.0 Å². The van der Waals surface area contributed by atoms with Gasteiger partial charge in [-0.25, -0.2) is 4.98 Å². The molecule has 5 nitrogen and oxygen atoms in total. The Morgan fingerprint density at radius 2 is 2.08 bits per heavy atom. The van der Waals surface area contributed by atoms with Gasteiger partial charge in [0.15, 0.2) is 4.96 Å². The standard InChI is InChI=1S/C19H19N3O2S/c23-16-11-13-3-1-2-4-14(13)19(16)5-7-21(8-6-19)17(24)15-12-22-9-10-25-18(22)20-15/h1-4,9-10,12,16,23H,5-8,11H2/t16-/m1/s1. The van der Waals surface area contributed by atoms with Gasteiger partial charge in [-0.05, 0) is 30.4 Å². The Bertz CT molecular complexity index is 924. The van der Waals surface area contributed by atoms with Gasteiger partial charge in [-0.15, -0.1) is 11.3 Å². The summed E-state index contributed by atoms with van der Waals surface area (Å²) in [6.07, 6.45) is 5.71. The van der Waals surface area contributed by atoms with Crippen LogP contribution in [0.1, 0.15) is 34.5 Å². The summed E-state index contributed by atoms with van der Waals surface area (Å²) in [7, 11) is 0. The van der Waals surface area contributed by atoms with Gasteiger partial charge in [0, 0.05) is 36.3 Å². The number of imidazole rings is 1. The fourth-order valence-corrected chi connectivity index (χ4v) is 5.17. The Kier molecular flexibility index (Phi) is 3.27. The first kappa shape index (κ1) is 15.1. The molecule has 6 heteroatoms. The van der Waals surface area contributed by atoms with Crippen LogP contribution in [0.3, 0.4) is 0 Å². The molecule has 0 unspecified atom stereocenters. The Morgan fingerprint density at radius 3 is 2.88 bits per heavy atom. The third-order valence-corrected chi connectivity index (χ3v) is 6.63. The number of amides is 1. The van der Waals surface area contributed by atoms with E-state index >= 15 is 0 Å². The van der Waals surface area contributed by atoms with E-state index < -0.39 is 0 Å². The van der Waals surface area contributed by atoms with Crippen molar-refractivity contribution in [1.82, 2.24) is 14.3 Å². The van der Waals surface area contributed by atoms with E-state index in [2.05, 4.69) is 17.1 Å². The number of aliphatic hydroxyl groups excluding tert-OH is 1. The smallest absolute Gasteiger partial charge is 0.274 e. The van der Waals surface area contributed by atoms with Gasteiger partial charge in [-0.1, -0.05) is 24.3 Å². The van der Waals surface area contributed by atoms with E-state index in [-0.39, 0.29) is 17.4 Å². The molecule has 1 amide bonds. The van der Waals surface area contributed by atoms with Crippen molar-refractivity contribution in [3.8, 4) is 0 Å². The molecular formula is C19H19N3O2S. The molecule has 25 heavy (non-hydrogen) atoms. The van der Waals surface area contributed by atoms with Crippen LogP contribution in [-0.2, 0) is 11.8 Å². The minimum atomic E-state index is -0.347. The van der Waals surface area contributed by atoms with Crippen LogP contribution in [0.15, 0.2) is 42.0 Å². The Balaban J connectivity index is 1.38. The molecule has 1 aliphatic heterocycles. The van der Waals surface area contributed by atoms with E-state index in [9.17, 15) is 9.90 Å². The van der Waals surface area contributed by atoms with Crippen LogP contribution in [-0.4, -0.2) is 44.5 Å². The second-order valence-electron chi connectivity index (χ2n) is 7.04. The van der Waals surface area contributed by atoms with Crippen LogP contribution < -0.4 is 0 Å². The highest BCUT2D eigenvalue weighted by molar-refractivity contribution is 7.15. The molecule has 1 spiro atoms. The van der Waals surface area contributed by atoms with Gasteiger partial charge in [0.05, 0.1) is 6.10 Å². The van der Waals surface area contributed by atoms with E-state index in [4.69, 9.17) is 0 Å². The van der Waals surface area contributed by atoms with Crippen molar-refractivity contribution in [2.45, 2.75) is 30.8 Å². The maximum absolute atomic E-state index is 12.8. The summed E-state index contributed by atoms with van der Waals surface area (Å²) in [4.78, 5) is 19.9. The number of carbonyl (C=O) groups is 1. The third-order valence-electron chi connectivity index (χ3n) is 5.86. The molecule has 5 rings (SSSR count). The summed E-state index contributed by atoms with van der Waals surface area (Å²) in [5.74, 6) is -0.00785. The summed E-state index contributed by atoms with van der Waals surface area (Å²) in [5.41, 5.74) is 2.85. The molecule has 3 aromatic rings. The molecular weight excluding hydrogens is 334 g/mol. The van der Waals surface area contributed by atoms with Crippen molar-refractivity contribution in [2.75, 3.05) is 13.1 Å². The number of thiazole rings is 1. The molecule has 1 fully saturated rings. The highest BCUT2D eigenvalue weighted by Crippen LogP contribution is 2.46. The Morgan fingerprint density at radius 1 is 1.28 bits per heavy atom. The second kappa shape index (κ2) is 5.41. The van der Waals surface area contributed by atoms with Crippen molar-refractivity contribution < 1.29 is 9.90 Å². The van der Waals surface area contributed by atoms with Gasteiger partial charge in [-0.3, -0.25) is 9.20 Å². The molecule has 0 radical (unpaired) electrons. The Hall–Kier alpha value is -2.18. The molecule has 1 N–H and O–H groups in total. The first-order chi connectivity index (χ1) is 12.2. The lowest BCUT2D eigenvalue weighted by Gasteiger charge is -2.42. The van der Waals surface area contributed by atoms with Crippen LogP contribution in [0.2, 0.25) is 0 Å². The zero-order valence-corrected chi connectivity index (χ0v) is 14.6. The number of fused-ring (bicyclic) bond motifs is 3. The monoisotopic (exact) mass is 353 g/mol. The maximum atomic E-state index is 12.8. The maximum Gasteiger partial charge on any atom is 0.274 e. The average Bonchev–Trinajstić information content (AvgIpc) is 3.29. The van der Waals surface area contributed by atoms with Crippen molar-refractivity contribution in [3.63, 3.8) is 0 Å². The van der Waals surface area contributed by atoms with Gasteiger partial charge in [0.2, 0.25) is 0 Å². The van der Waals surface area contributed by atoms with Crippen molar-refractivity contribution >= 4 is 22.2 Å². The fraction of sp³-hybridized carbons (Fsp3) is 0.368. The number of hydrogen-bond donors (Lipinski definition) is 1. The van der Waals surface area contributed by atoms with E-state index in [1.165, 1.54) is 22.5 Å². The molecule has 2 aromatic heterocycles. The SMILES string of the molecule is O=C(c1cn2ccsc2n1)N1CCC2(CC1)c1ccccc1C[C@H]2O. The molecule has 0 bridgehead atoms. The number of piperidine rings is 1. The molecule has 3 heterocycles. The van der Waals surface area contributed by atoms with Crippen molar-refractivity contribution in [1.29, 1.82) is 0 Å². The van der Waals surface area contributed by atoms with Crippen molar-refractivity contribution in [2.24, 2.45) is 0 Å². The van der Waals surface area contributed by atoms with Crippen LogP contribution in [0.4, 0.5) is 0 Å². The number of aromatic nitrogens is 2. The molecule has 1 aromatic carbocycles. The summed E-state index contributed by atoms with van der Waals surface area (Å²) in [6, 6.07) is 8.34. The molecule has 2 aliphatic rings. The predicted molar refractivity (Wildman–Crippen MR) is 96.0 cm³/mol. The summed E-state index contributed by atoms with van der Waals surface area (Å²) in [6.45, 7) is 1.32. The number of benzene rings is 1. The second-order valence-corrected chi connectivity index (χ2v) is 7.92. The highest BCUT2D eigenvalue weighted by Gasteiger charge is 2.48. The van der Waals surface area contributed by atoms with E-state index in [0.29, 0.717) is 18.8 Å². The van der Waals surface area contributed by atoms with Gasteiger partial charge in [0.1, 0.15) is 5.69 Å². The van der Waals surface area contributed by atoms with Gasteiger partial charge >= 0.3 is 0 Å². The van der Waals surface area contributed by atoms with Crippen LogP contribution in [0, 0.1) is 0 Å². The summed E-state index contributed by atoms with van der Waals surface area (Å²) < 4.78 is 1.89. The minimum absolute atomic E-state index is 0.00785. The lowest BCUT2D eigenvalue weighted by Crippen LogP contribution is -2.49. The third kappa shape index (κ3) is 2.17. The quantitative estimate of drug-likeness (QED) is 0.731. The molecule has 1 saturated heterocycles. The molecule has 128 valence electrons. The topological polar surface area (TPSA) is 57.8 Å². The molecule has 1 aliphatic carbocycles. The molecule has 1 atom stereocenters. The number of likely N-dealkylation sites (tertiary alicyclic amines) is 1. The number of hydrogen-bond acceptors (Lipinski definition) is 4. The van der Waals surface area contributed by atoms with Crippen LogP contribution in [0.25, 0.3) is 4.96 Å². The molecule has 0 saturated carbocycles. The number of carbonyl (C=O) groups excluding carboxylic acids is 1. The number of aliphatic hydroxyl groups is 1. The normalized spacial score (nSPS) is 21.8. The highest BCUT2D eigenvalue weighted by atomic mass is 32.1. The van der Waals surface area contributed by atoms with Gasteiger partial charge in [-0.2, -0.15) is 0 Å². The lowest BCUT2D eigenvalue weighted by atomic mass is 9.72. The van der Waals surface area contributed by atoms with Crippen LogP contribution >= 0.6 is 11.3 Å². The number of nitrogens with zero attached hydrogens (tertiary/aromatic N) is 3. The largest absolute Gasteiger partial charge is 0.392 e.